The minimum atomic E-state index is -0.647. The number of carbonyl (C=O) groups is 3. The minimum absolute atomic E-state index is 0.172. The molecule has 180 valence electrons. The fourth-order valence-corrected chi connectivity index (χ4v) is 7.33. The largest absolute Gasteiger partial charge is 0.457 e. The number of likely N-dealkylation sites (tertiary alicyclic amines) is 1. The monoisotopic (exact) mass is 464 g/mol. The van der Waals surface area contributed by atoms with E-state index in [4.69, 9.17) is 4.74 Å². The SMILES string of the molecule is CC1=C(N2CC[C@]3(C[C@H]4CC[C@@H](C3)N4C[C@H](O)c3ccc4c(c3C)COC4=O)C2=O)CCC1=O. The molecule has 3 fully saturated rings. The number of hydrogen-bond acceptors (Lipinski definition) is 6. The number of cyclic esters (lactones) is 1. The van der Waals surface area contributed by atoms with Crippen molar-refractivity contribution in [1.82, 2.24) is 9.80 Å². The van der Waals surface area contributed by atoms with Crippen LogP contribution in [0.25, 0.3) is 0 Å². The van der Waals surface area contributed by atoms with Gasteiger partial charge in [-0.25, -0.2) is 4.79 Å². The highest BCUT2D eigenvalue weighted by Crippen LogP contribution is 2.52. The van der Waals surface area contributed by atoms with E-state index in [1.54, 1.807) is 6.07 Å². The quantitative estimate of drug-likeness (QED) is 0.689. The summed E-state index contributed by atoms with van der Waals surface area (Å²) in [5.41, 5.74) is 4.67. The van der Waals surface area contributed by atoms with Gasteiger partial charge in [0.05, 0.1) is 17.1 Å². The number of rotatable bonds is 4. The average molecular weight is 465 g/mol. The average Bonchev–Trinajstić information content (AvgIpc) is 3.50. The standard InChI is InChI=1S/C27H32N2O5/c1-15-19(5-6-20-21(15)14-34-25(20)32)24(31)13-29-17-3-4-18(29)12-27(11-17)9-10-28(26(27)33)22-7-8-23(30)16(22)2/h5-6,17-18,24,31H,3-4,7-14H2,1-2H3/t17-,18+,24-,27-/m0/s1. The molecule has 4 heterocycles. The number of esters is 1. The Bertz CT molecular complexity index is 1120. The van der Waals surface area contributed by atoms with Gasteiger partial charge >= 0.3 is 5.97 Å². The third-order valence-electron chi connectivity index (χ3n) is 9.25. The fraction of sp³-hybridized carbons (Fsp3) is 0.593. The van der Waals surface area contributed by atoms with Gasteiger partial charge in [0.15, 0.2) is 5.78 Å². The molecule has 5 aliphatic rings. The van der Waals surface area contributed by atoms with Crippen LogP contribution < -0.4 is 0 Å². The molecule has 7 nitrogen and oxygen atoms in total. The second-order valence-corrected chi connectivity index (χ2v) is 10.9. The number of aliphatic hydroxyl groups is 1. The number of benzene rings is 1. The van der Waals surface area contributed by atoms with Gasteiger partial charge in [0.25, 0.3) is 0 Å². The van der Waals surface area contributed by atoms with Crippen molar-refractivity contribution in [2.24, 2.45) is 5.41 Å². The van der Waals surface area contributed by atoms with E-state index in [9.17, 15) is 19.5 Å². The Labute approximate surface area is 199 Å². The van der Waals surface area contributed by atoms with Crippen LogP contribution in [0.5, 0.6) is 0 Å². The van der Waals surface area contributed by atoms with E-state index in [2.05, 4.69) is 4.90 Å². The van der Waals surface area contributed by atoms with Crippen LogP contribution in [0.2, 0.25) is 0 Å². The van der Waals surface area contributed by atoms with Gasteiger partial charge in [-0.3, -0.25) is 14.5 Å². The molecule has 1 spiro atoms. The van der Waals surface area contributed by atoms with Crippen molar-refractivity contribution in [2.45, 2.75) is 83.6 Å². The minimum Gasteiger partial charge on any atom is -0.457 e. The van der Waals surface area contributed by atoms with E-state index in [-0.39, 0.29) is 41.8 Å². The molecule has 0 aromatic heterocycles. The number of aliphatic hydroxyl groups excluding tert-OH is 1. The highest BCUT2D eigenvalue weighted by atomic mass is 16.5. The number of ether oxygens (including phenoxy) is 1. The van der Waals surface area contributed by atoms with Crippen molar-refractivity contribution in [1.29, 1.82) is 0 Å². The van der Waals surface area contributed by atoms with Crippen LogP contribution in [-0.2, 0) is 20.9 Å². The molecule has 3 saturated heterocycles. The summed E-state index contributed by atoms with van der Waals surface area (Å²) in [5.74, 6) is 0.0971. The Kier molecular flexibility index (Phi) is 5.01. The summed E-state index contributed by atoms with van der Waals surface area (Å²) in [7, 11) is 0. The zero-order chi connectivity index (χ0) is 23.8. The lowest BCUT2D eigenvalue weighted by atomic mass is 9.73. The molecule has 7 heteroatoms. The number of fused-ring (bicyclic) bond motifs is 3. The number of Topliss-reactive ketones (excluding diaryl/α,β-unsaturated/α-hetero) is 1. The third-order valence-corrected chi connectivity index (χ3v) is 9.25. The Morgan fingerprint density at radius 1 is 1.12 bits per heavy atom. The smallest absolute Gasteiger partial charge is 0.338 e. The van der Waals surface area contributed by atoms with Crippen LogP contribution >= 0.6 is 0 Å². The summed E-state index contributed by atoms with van der Waals surface area (Å²) in [6.07, 6.45) is 5.20. The molecule has 1 N–H and O–H groups in total. The van der Waals surface area contributed by atoms with Crippen molar-refractivity contribution >= 4 is 17.7 Å². The summed E-state index contributed by atoms with van der Waals surface area (Å²) < 4.78 is 5.17. The van der Waals surface area contributed by atoms with Crippen molar-refractivity contribution in [3.63, 3.8) is 0 Å². The maximum absolute atomic E-state index is 13.6. The van der Waals surface area contributed by atoms with Crippen LogP contribution in [0.3, 0.4) is 0 Å². The molecule has 0 radical (unpaired) electrons. The second kappa shape index (κ2) is 7.75. The van der Waals surface area contributed by atoms with Crippen LogP contribution in [-0.4, -0.2) is 57.7 Å². The lowest BCUT2D eigenvalue weighted by molar-refractivity contribution is -0.138. The number of hydrogen-bond donors (Lipinski definition) is 1. The first-order valence-electron chi connectivity index (χ1n) is 12.6. The second-order valence-electron chi connectivity index (χ2n) is 10.9. The molecule has 6 rings (SSSR count). The fourth-order valence-electron chi connectivity index (χ4n) is 7.33. The molecule has 0 saturated carbocycles. The van der Waals surface area contributed by atoms with Crippen molar-refractivity contribution in [3.05, 3.63) is 45.7 Å². The van der Waals surface area contributed by atoms with E-state index in [1.165, 1.54) is 0 Å². The number of ketones is 1. The zero-order valence-corrected chi connectivity index (χ0v) is 19.9. The zero-order valence-electron chi connectivity index (χ0n) is 19.9. The van der Waals surface area contributed by atoms with Crippen LogP contribution in [0.4, 0.5) is 0 Å². The number of amides is 1. The Hall–Kier alpha value is -2.51. The van der Waals surface area contributed by atoms with Crippen molar-refractivity contribution in [2.75, 3.05) is 13.1 Å². The summed E-state index contributed by atoms with van der Waals surface area (Å²) in [6.45, 7) is 5.35. The van der Waals surface area contributed by atoms with E-state index in [0.29, 0.717) is 24.9 Å². The van der Waals surface area contributed by atoms with Gasteiger partial charge in [0.2, 0.25) is 5.91 Å². The van der Waals surface area contributed by atoms with Gasteiger partial charge in [-0.2, -0.15) is 0 Å². The van der Waals surface area contributed by atoms with Crippen LogP contribution in [0, 0.1) is 12.3 Å². The molecule has 0 unspecified atom stereocenters. The lowest BCUT2D eigenvalue weighted by Crippen LogP contribution is -2.51. The highest BCUT2D eigenvalue weighted by molar-refractivity contribution is 5.99. The molecule has 34 heavy (non-hydrogen) atoms. The van der Waals surface area contributed by atoms with Gasteiger partial charge in [-0.15, -0.1) is 0 Å². The first-order valence-corrected chi connectivity index (χ1v) is 12.6. The molecular formula is C27H32N2O5. The van der Waals surface area contributed by atoms with Gasteiger partial charge in [-0.1, -0.05) is 6.07 Å². The molecule has 1 amide bonds. The van der Waals surface area contributed by atoms with Gasteiger partial charge < -0.3 is 14.7 Å². The molecule has 1 aromatic rings. The molecule has 1 aliphatic carbocycles. The molecule has 4 aliphatic heterocycles. The van der Waals surface area contributed by atoms with Crippen molar-refractivity contribution < 1.29 is 24.2 Å². The Balaban J connectivity index is 1.18. The van der Waals surface area contributed by atoms with E-state index < -0.39 is 6.10 Å². The van der Waals surface area contributed by atoms with E-state index in [0.717, 1.165) is 66.6 Å². The maximum atomic E-state index is 13.6. The molecule has 1 aromatic carbocycles. The Morgan fingerprint density at radius 2 is 1.85 bits per heavy atom. The van der Waals surface area contributed by atoms with E-state index >= 15 is 0 Å². The van der Waals surface area contributed by atoms with Crippen molar-refractivity contribution in [3.8, 4) is 0 Å². The summed E-state index contributed by atoms with van der Waals surface area (Å²) in [5, 5.41) is 11.2. The normalized spacial score (nSPS) is 31.7. The van der Waals surface area contributed by atoms with Gasteiger partial charge in [-0.05, 0) is 69.6 Å². The lowest BCUT2D eigenvalue weighted by Gasteiger charge is -2.44. The summed E-state index contributed by atoms with van der Waals surface area (Å²) in [6, 6.07) is 4.21. The van der Waals surface area contributed by atoms with Gasteiger partial charge in [0, 0.05) is 48.4 Å². The van der Waals surface area contributed by atoms with Gasteiger partial charge in [0.1, 0.15) is 6.61 Å². The maximum Gasteiger partial charge on any atom is 0.338 e. The van der Waals surface area contributed by atoms with Crippen LogP contribution in [0.1, 0.15) is 85.0 Å². The molecule has 4 atom stereocenters. The predicted octanol–water partition coefficient (Wildman–Crippen LogP) is 3.18. The Morgan fingerprint density at radius 3 is 2.53 bits per heavy atom. The number of carbonyl (C=O) groups excluding carboxylic acids is 3. The summed E-state index contributed by atoms with van der Waals surface area (Å²) in [4.78, 5) is 41.9. The number of allylic oxidation sites excluding steroid dienone is 2. The number of nitrogens with zero attached hydrogens (tertiary/aromatic N) is 2. The number of piperidine rings is 1. The molecular weight excluding hydrogens is 432 g/mol. The molecule has 2 bridgehead atoms. The topological polar surface area (TPSA) is 87.2 Å². The first-order chi connectivity index (χ1) is 16.3. The van der Waals surface area contributed by atoms with E-state index in [1.807, 2.05) is 24.8 Å². The predicted molar refractivity (Wildman–Crippen MR) is 124 cm³/mol. The third kappa shape index (κ3) is 3.13. The first kappa shape index (κ1) is 22.0. The van der Waals surface area contributed by atoms with Crippen LogP contribution in [0.15, 0.2) is 23.4 Å². The summed E-state index contributed by atoms with van der Waals surface area (Å²) >= 11 is 0. The highest BCUT2D eigenvalue weighted by Gasteiger charge is 2.56.